The van der Waals surface area contributed by atoms with Crippen molar-refractivity contribution in [3.63, 3.8) is 0 Å². The number of hydrogen-bond donors (Lipinski definition) is 4. The van der Waals surface area contributed by atoms with Crippen molar-refractivity contribution < 1.29 is 19.7 Å². The Kier molecular flexibility index (Phi) is 4.74. The quantitative estimate of drug-likeness (QED) is 0.468. The molecule has 2 aliphatic carbocycles. The molecule has 1 aromatic carbocycles. The van der Waals surface area contributed by atoms with E-state index >= 15 is 0 Å². The third-order valence-electron chi connectivity index (χ3n) is 6.38. The average Bonchev–Trinajstić information content (AvgIpc) is 3.52. The number of benzene rings is 1. The Morgan fingerprint density at radius 1 is 1.29 bits per heavy atom. The Bertz CT molecular complexity index is 1250. The Balaban J connectivity index is 1.59. The van der Waals surface area contributed by atoms with E-state index < -0.39 is 23.2 Å². The molecule has 1 fully saturated rings. The minimum Gasteiger partial charge on any atom is -0.504 e. The van der Waals surface area contributed by atoms with Crippen LogP contribution in [0.15, 0.2) is 23.0 Å². The van der Waals surface area contributed by atoms with E-state index in [1.165, 1.54) is 18.5 Å². The van der Waals surface area contributed by atoms with E-state index in [4.69, 9.17) is 5.11 Å². The summed E-state index contributed by atoms with van der Waals surface area (Å²) in [6.07, 6.45) is 3.06. The zero-order valence-corrected chi connectivity index (χ0v) is 17.3. The number of aryl methyl sites for hydroxylation is 2. The van der Waals surface area contributed by atoms with Gasteiger partial charge in [-0.2, -0.15) is 0 Å². The first-order chi connectivity index (χ1) is 14.9. The van der Waals surface area contributed by atoms with Crippen LogP contribution in [0.3, 0.4) is 0 Å². The highest BCUT2D eigenvalue weighted by atomic mass is 16.7. The molecule has 1 saturated carbocycles. The number of H-pyrrole nitrogens is 1. The summed E-state index contributed by atoms with van der Waals surface area (Å²) in [6, 6.07) is 6.35. The largest absolute Gasteiger partial charge is 0.511 e. The molecule has 2 heterocycles. The topological polar surface area (TPSA) is 117 Å². The predicted molar refractivity (Wildman–Crippen MR) is 116 cm³/mol. The molecule has 0 bridgehead atoms. The summed E-state index contributed by atoms with van der Waals surface area (Å²) < 4.78 is 6.73. The molecule has 0 saturated heterocycles. The van der Waals surface area contributed by atoms with E-state index in [1.54, 1.807) is 0 Å². The monoisotopic (exact) mass is 423 g/mol. The number of hydrogen-bond acceptors (Lipinski definition) is 5. The number of ether oxygens (including phenoxy) is 1. The zero-order valence-electron chi connectivity index (χ0n) is 17.3. The van der Waals surface area contributed by atoms with Gasteiger partial charge in [0.25, 0.3) is 5.56 Å². The summed E-state index contributed by atoms with van der Waals surface area (Å²) in [5.41, 5.74) is 4.55. The van der Waals surface area contributed by atoms with Crippen LogP contribution in [0.1, 0.15) is 36.1 Å². The van der Waals surface area contributed by atoms with Gasteiger partial charge in [-0.3, -0.25) is 4.79 Å². The molecule has 0 spiro atoms. The van der Waals surface area contributed by atoms with Gasteiger partial charge in [-0.1, -0.05) is 0 Å². The van der Waals surface area contributed by atoms with Crippen LogP contribution in [0.25, 0.3) is 22.2 Å². The summed E-state index contributed by atoms with van der Waals surface area (Å²) in [7, 11) is 2.07. The van der Waals surface area contributed by atoms with Gasteiger partial charge in [0.15, 0.2) is 5.75 Å². The maximum absolute atomic E-state index is 12.5. The van der Waals surface area contributed by atoms with Gasteiger partial charge in [-0.05, 0) is 68.3 Å². The average molecular weight is 423 g/mol. The first-order valence-electron chi connectivity index (χ1n) is 10.6. The molecular weight excluding hydrogens is 398 g/mol. The maximum atomic E-state index is 12.5. The number of aromatic nitrogens is 2. The van der Waals surface area contributed by atoms with E-state index in [1.807, 2.05) is 6.07 Å². The molecule has 8 heteroatoms. The molecule has 0 amide bonds. The highest BCUT2D eigenvalue weighted by molar-refractivity contribution is 5.89. The van der Waals surface area contributed by atoms with Crippen LogP contribution >= 0.6 is 0 Å². The lowest BCUT2D eigenvalue weighted by Gasteiger charge is -2.13. The lowest BCUT2D eigenvalue weighted by molar-refractivity contribution is 0.142. The molecule has 8 nitrogen and oxygen atoms in total. The number of aromatic amines is 1. The number of nitrogens with one attached hydrogen (secondary N) is 2. The Hall–Kier alpha value is -3.26. The fraction of sp³-hybridized carbons (Fsp3) is 0.391. The van der Waals surface area contributed by atoms with Crippen molar-refractivity contribution in [1.82, 2.24) is 14.9 Å². The molecule has 0 unspecified atom stereocenters. The van der Waals surface area contributed by atoms with Crippen molar-refractivity contribution in [2.75, 3.05) is 6.54 Å². The highest BCUT2D eigenvalue weighted by Gasteiger charge is 2.25. The van der Waals surface area contributed by atoms with Gasteiger partial charge in [0.2, 0.25) is 5.75 Å². The van der Waals surface area contributed by atoms with Crippen LogP contribution in [-0.4, -0.2) is 32.5 Å². The fourth-order valence-electron chi connectivity index (χ4n) is 4.54. The Labute approximate surface area is 178 Å². The van der Waals surface area contributed by atoms with Crippen molar-refractivity contribution in [2.24, 2.45) is 13.0 Å². The van der Waals surface area contributed by atoms with Crippen LogP contribution in [0.4, 0.5) is 4.79 Å². The molecule has 162 valence electrons. The summed E-state index contributed by atoms with van der Waals surface area (Å²) in [5, 5.41) is 24.1. The highest BCUT2D eigenvalue weighted by Crippen LogP contribution is 2.40. The second-order valence-electron chi connectivity index (χ2n) is 8.54. The summed E-state index contributed by atoms with van der Waals surface area (Å²) in [5.74, 6) is -0.145. The van der Waals surface area contributed by atoms with E-state index in [9.17, 15) is 14.7 Å². The van der Waals surface area contributed by atoms with Crippen LogP contribution in [0.5, 0.6) is 11.5 Å². The van der Waals surface area contributed by atoms with Gasteiger partial charge in [0.05, 0.1) is 5.69 Å². The van der Waals surface area contributed by atoms with Crippen molar-refractivity contribution >= 4 is 17.1 Å². The van der Waals surface area contributed by atoms with Gasteiger partial charge in [0, 0.05) is 41.3 Å². The maximum Gasteiger partial charge on any atom is 0.511 e. The minimum atomic E-state index is -1.64. The molecule has 2 aromatic heterocycles. The second kappa shape index (κ2) is 7.46. The molecule has 5 rings (SSSR count). The predicted octanol–water partition coefficient (Wildman–Crippen LogP) is 3.28. The molecule has 3 aromatic rings. The molecule has 0 radical (unpaired) electrons. The lowest BCUT2D eigenvalue weighted by atomic mass is 9.99. The van der Waals surface area contributed by atoms with Crippen molar-refractivity contribution in [2.45, 2.75) is 38.6 Å². The first-order valence-corrected chi connectivity index (χ1v) is 10.6. The van der Waals surface area contributed by atoms with Crippen molar-refractivity contribution in [3.05, 3.63) is 45.4 Å². The fourth-order valence-corrected chi connectivity index (χ4v) is 4.54. The van der Waals surface area contributed by atoms with Crippen LogP contribution in [0.2, 0.25) is 0 Å². The molecular formula is C23H25N3O5. The third-order valence-corrected chi connectivity index (χ3v) is 6.38. The van der Waals surface area contributed by atoms with Gasteiger partial charge >= 0.3 is 6.16 Å². The number of carbonyl (C=O) groups is 1. The smallest absolute Gasteiger partial charge is 0.504 e. The number of fused-ring (bicyclic) bond motifs is 4. The van der Waals surface area contributed by atoms with Crippen molar-refractivity contribution in [1.29, 1.82) is 0 Å². The van der Waals surface area contributed by atoms with E-state index in [0.29, 0.717) is 17.7 Å². The number of pyridine rings is 1. The standard InChI is InChI=1S/C23H25N3O5/c1-26-15(11-24-10-12-5-6-12)7-14-8-17-13(9-18(14)26)3-2-4-16-19(17)25-22(28)21(20(16)27)31-23(29)30/h7-9,12,24H,2-6,10-11H2,1H3,(H,29,30)(H2,25,27,28). The minimum absolute atomic E-state index is 0.396. The number of rotatable bonds is 5. The zero-order chi connectivity index (χ0) is 21.7. The third kappa shape index (κ3) is 3.57. The van der Waals surface area contributed by atoms with Gasteiger partial charge in [-0.15, -0.1) is 0 Å². The van der Waals surface area contributed by atoms with Crippen molar-refractivity contribution in [3.8, 4) is 22.8 Å². The van der Waals surface area contributed by atoms with Crippen LogP contribution in [0, 0.1) is 5.92 Å². The summed E-state index contributed by atoms with van der Waals surface area (Å²) >= 11 is 0. The Morgan fingerprint density at radius 3 is 2.84 bits per heavy atom. The normalized spacial score (nSPS) is 15.4. The number of carboxylic acid groups (broad SMARTS) is 1. The molecule has 0 atom stereocenters. The molecule has 0 aliphatic heterocycles. The SMILES string of the molecule is Cn1c(CNCC2CC2)cc2cc3c(cc21)CCCc1c-3[nH]c(=O)c(OC(=O)O)c1O. The van der Waals surface area contributed by atoms with Gasteiger partial charge in [0.1, 0.15) is 0 Å². The van der Waals surface area contributed by atoms with Crippen LogP contribution < -0.4 is 15.6 Å². The first kappa shape index (κ1) is 19.7. The van der Waals surface area contributed by atoms with Crippen LogP contribution in [-0.2, 0) is 26.4 Å². The summed E-state index contributed by atoms with van der Waals surface area (Å²) in [6.45, 7) is 1.85. The number of aromatic hydroxyl groups is 1. The number of nitrogens with zero attached hydrogens (tertiary/aromatic N) is 1. The van der Waals surface area contributed by atoms with E-state index in [2.05, 4.69) is 38.8 Å². The van der Waals surface area contributed by atoms with E-state index in [-0.39, 0.29) is 0 Å². The molecule has 4 N–H and O–H groups in total. The van der Waals surface area contributed by atoms with E-state index in [0.717, 1.165) is 53.9 Å². The lowest BCUT2D eigenvalue weighted by Crippen LogP contribution is -2.17. The Morgan fingerprint density at radius 2 is 2.10 bits per heavy atom. The molecule has 31 heavy (non-hydrogen) atoms. The second-order valence-corrected chi connectivity index (χ2v) is 8.54. The molecule has 2 aliphatic rings. The van der Waals surface area contributed by atoms with Gasteiger partial charge in [-0.25, -0.2) is 4.79 Å². The van der Waals surface area contributed by atoms with Gasteiger partial charge < -0.3 is 29.8 Å². The summed E-state index contributed by atoms with van der Waals surface area (Å²) in [4.78, 5) is 26.1.